The second-order valence-electron chi connectivity index (χ2n) is 5.26. The van der Waals surface area contributed by atoms with Gasteiger partial charge in [-0.05, 0) is 24.3 Å². The average Bonchev–Trinajstić information content (AvgIpc) is 3.04. The first-order valence-corrected chi connectivity index (χ1v) is 9.95. The first-order chi connectivity index (χ1) is 11.9. The summed E-state index contributed by atoms with van der Waals surface area (Å²) in [5.41, 5.74) is 2.08. The largest absolute Gasteiger partial charge is 0.274 e. The number of thiazole rings is 1. The minimum atomic E-state index is -3.57. The van der Waals surface area contributed by atoms with Crippen LogP contribution in [0.2, 0.25) is 0 Å². The highest BCUT2D eigenvalue weighted by Crippen LogP contribution is 2.30. The summed E-state index contributed by atoms with van der Waals surface area (Å²) in [6.07, 6.45) is 5.98. The fraction of sp³-hybridized carbons (Fsp3) is 0.125. The van der Waals surface area contributed by atoms with Gasteiger partial charge in [0.1, 0.15) is 5.01 Å². The van der Waals surface area contributed by atoms with Crippen LogP contribution in [-0.4, -0.2) is 35.5 Å². The molecule has 0 aliphatic carbocycles. The molecule has 0 unspecified atom stereocenters. The van der Waals surface area contributed by atoms with Gasteiger partial charge in [-0.1, -0.05) is 6.07 Å². The van der Waals surface area contributed by atoms with E-state index in [0.717, 1.165) is 21.7 Å². The summed E-state index contributed by atoms with van der Waals surface area (Å²) < 4.78 is 24.1. The number of nitrogens with zero attached hydrogens (tertiary/aromatic N) is 3. The van der Waals surface area contributed by atoms with Crippen LogP contribution >= 0.6 is 11.3 Å². The SMILES string of the molecule is CS(=O)(=O)NC(=O)Cc1cccc(-c2cnc(-c3cccnc3)s2)n1. The standard InChI is InChI=1S/C16H14N4O3S2/c1-25(22,23)20-15(21)8-12-5-2-6-13(19-12)14-10-18-16(24-14)11-4-3-7-17-9-11/h2-7,9-10H,8H2,1H3,(H,20,21). The van der Waals surface area contributed by atoms with Crippen LogP contribution in [0.15, 0.2) is 48.9 Å². The molecule has 0 aromatic carbocycles. The summed E-state index contributed by atoms with van der Waals surface area (Å²) in [5.74, 6) is -0.618. The normalized spacial score (nSPS) is 11.2. The topological polar surface area (TPSA) is 102 Å². The van der Waals surface area contributed by atoms with Gasteiger partial charge in [0.15, 0.2) is 0 Å². The molecule has 0 saturated carbocycles. The molecule has 3 aromatic heterocycles. The number of rotatable bonds is 5. The molecule has 3 aromatic rings. The van der Waals surface area contributed by atoms with E-state index >= 15 is 0 Å². The summed E-state index contributed by atoms with van der Waals surface area (Å²) in [6, 6.07) is 9.03. The zero-order valence-electron chi connectivity index (χ0n) is 13.2. The van der Waals surface area contributed by atoms with E-state index in [2.05, 4.69) is 15.0 Å². The van der Waals surface area contributed by atoms with Crippen molar-refractivity contribution < 1.29 is 13.2 Å². The number of amides is 1. The van der Waals surface area contributed by atoms with Crippen molar-refractivity contribution in [2.24, 2.45) is 0 Å². The zero-order valence-corrected chi connectivity index (χ0v) is 14.8. The molecule has 0 aliphatic rings. The average molecular weight is 374 g/mol. The Labute approximate surface area is 148 Å². The number of aromatic nitrogens is 3. The van der Waals surface area contributed by atoms with Crippen molar-refractivity contribution in [1.82, 2.24) is 19.7 Å². The summed E-state index contributed by atoms with van der Waals surface area (Å²) in [4.78, 5) is 25.4. The van der Waals surface area contributed by atoms with Gasteiger partial charge in [-0.25, -0.2) is 13.4 Å². The van der Waals surface area contributed by atoms with Crippen molar-refractivity contribution in [3.8, 4) is 21.1 Å². The van der Waals surface area contributed by atoms with Crippen molar-refractivity contribution in [3.05, 3.63) is 54.6 Å². The van der Waals surface area contributed by atoms with Crippen molar-refractivity contribution in [2.75, 3.05) is 6.26 Å². The summed E-state index contributed by atoms with van der Waals surface area (Å²) in [6.45, 7) is 0. The third kappa shape index (κ3) is 4.68. The smallest absolute Gasteiger partial charge is 0.239 e. The molecule has 0 atom stereocenters. The molecular formula is C16H14N4O3S2. The second kappa shape index (κ2) is 7.08. The zero-order chi connectivity index (χ0) is 17.9. The van der Waals surface area contributed by atoms with Gasteiger partial charge >= 0.3 is 0 Å². The number of nitrogens with one attached hydrogen (secondary N) is 1. The Kier molecular flexibility index (Phi) is 4.86. The lowest BCUT2D eigenvalue weighted by Crippen LogP contribution is -2.30. The van der Waals surface area contributed by atoms with E-state index in [1.807, 2.05) is 22.9 Å². The molecule has 25 heavy (non-hydrogen) atoms. The maximum atomic E-state index is 11.7. The van der Waals surface area contributed by atoms with Gasteiger partial charge in [0.25, 0.3) is 0 Å². The molecule has 1 amide bonds. The Hall–Kier alpha value is -2.65. The predicted octanol–water partition coefficient (Wildman–Crippen LogP) is 1.89. The molecule has 0 radical (unpaired) electrons. The first kappa shape index (κ1) is 17.2. The quantitative estimate of drug-likeness (QED) is 0.732. The van der Waals surface area contributed by atoms with Gasteiger partial charge in [-0.2, -0.15) is 0 Å². The van der Waals surface area contributed by atoms with E-state index in [4.69, 9.17) is 0 Å². The number of carbonyl (C=O) groups excluding carboxylic acids is 1. The maximum Gasteiger partial charge on any atom is 0.239 e. The van der Waals surface area contributed by atoms with Crippen LogP contribution in [-0.2, 0) is 21.2 Å². The van der Waals surface area contributed by atoms with Crippen LogP contribution in [0.4, 0.5) is 0 Å². The third-order valence-electron chi connectivity index (χ3n) is 3.11. The van der Waals surface area contributed by atoms with Crippen molar-refractivity contribution in [1.29, 1.82) is 0 Å². The molecule has 0 aliphatic heterocycles. The highest BCUT2D eigenvalue weighted by atomic mass is 32.2. The molecular weight excluding hydrogens is 360 g/mol. The Morgan fingerprint density at radius 3 is 2.76 bits per heavy atom. The van der Waals surface area contributed by atoms with E-state index in [9.17, 15) is 13.2 Å². The summed E-state index contributed by atoms with van der Waals surface area (Å²) in [7, 11) is -3.57. The monoisotopic (exact) mass is 374 g/mol. The summed E-state index contributed by atoms with van der Waals surface area (Å²) >= 11 is 1.47. The number of pyridine rings is 2. The van der Waals surface area contributed by atoms with Gasteiger partial charge in [-0.15, -0.1) is 11.3 Å². The lowest BCUT2D eigenvalue weighted by molar-refractivity contribution is -0.118. The minimum absolute atomic E-state index is 0.116. The van der Waals surface area contributed by atoms with Gasteiger partial charge < -0.3 is 0 Å². The highest BCUT2D eigenvalue weighted by molar-refractivity contribution is 7.89. The van der Waals surface area contributed by atoms with Gasteiger partial charge in [0.2, 0.25) is 15.9 Å². The van der Waals surface area contributed by atoms with E-state index in [1.54, 1.807) is 30.7 Å². The molecule has 3 heterocycles. The molecule has 0 spiro atoms. The van der Waals surface area contributed by atoms with Crippen LogP contribution in [0, 0.1) is 0 Å². The maximum absolute atomic E-state index is 11.7. The Balaban J connectivity index is 1.80. The number of hydrogen-bond donors (Lipinski definition) is 1. The molecule has 128 valence electrons. The molecule has 9 heteroatoms. The number of sulfonamides is 1. The molecule has 0 saturated heterocycles. The number of hydrogen-bond acceptors (Lipinski definition) is 7. The predicted molar refractivity (Wildman–Crippen MR) is 95.3 cm³/mol. The van der Waals surface area contributed by atoms with Crippen LogP contribution in [0.25, 0.3) is 21.1 Å². The van der Waals surface area contributed by atoms with Crippen LogP contribution < -0.4 is 4.72 Å². The van der Waals surface area contributed by atoms with Crippen molar-refractivity contribution in [3.63, 3.8) is 0 Å². The van der Waals surface area contributed by atoms with Crippen LogP contribution in [0.5, 0.6) is 0 Å². The second-order valence-corrected chi connectivity index (χ2v) is 8.04. The number of carbonyl (C=O) groups is 1. The van der Waals surface area contributed by atoms with E-state index in [-0.39, 0.29) is 6.42 Å². The first-order valence-electron chi connectivity index (χ1n) is 7.24. The molecule has 0 bridgehead atoms. The lowest BCUT2D eigenvalue weighted by Gasteiger charge is -2.04. The van der Waals surface area contributed by atoms with Crippen LogP contribution in [0.3, 0.4) is 0 Å². The Morgan fingerprint density at radius 1 is 1.20 bits per heavy atom. The Morgan fingerprint density at radius 2 is 2.04 bits per heavy atom. The fourth-order valence-electron chi connectivity index (χ4n) is 2.14. The van der Waals surface area contributed by atoms with E-state index in [1.165, 1.54) is 11.3 Å². The van der Waals surface area contributed by atoms with Crippen molar-refractivity contribution in [2.45, 2.75) is 6.42 Å². The van der Waals surface area contributed by atoms with E-state index in [0.29, 0.717) is 11.4 Å². The minimum Gasteiger partial charge on any atom is -0.274 e. The van der Waals surface area contributed by atoms with Gasteiger partial charge in [0.05, 0.1) is 28.9 Å². The lowest BCUT2D eigenvalue weighted by atomic mass is 10.2. The molecule has 7 nitrogen and oxygen atoms in total. The fourth-order valence-corrected chi connectivity index (χ4v) is 3.50. The summed E-state index contributed by atoms with van der Waals surface area (Å²) in [5, 5.41) is 0.824. The Bertz CT molecular complexity index is 1000. The molecule has 0 fully saturated rings. The van der Waals surface area contributed by atoms with Gasteiger partial charge in [0, 0.05) is 24.2 Å². The van der Waals surface area contributed by atoms with Crippen LogP contribution in [0.1, 0.15) is 5.69 Å². The van der Waals surface area contributed by atoms with Crippen molar-refractivity contribution >= 4 is 27.3 Å². The molecule has 1 N–H and O–H groups in total. The van der Waals surface area contributed by atoms with Gasteiger partial charge in [-0.3, -0.25) is 19.5 Å². The highest BCUT2D eigenvalue weighted by Gasteiger charge is 2.12. The third-order valence-corrected chi connectivity index (χ3v) is 4.78. The van der Waals surface area contributed by atoms with E-state index < -0.39 is 15.9 Å². The molecule has 3 rings (SSSR count).